The van der Waals surface area contributed by atoms with Gasteiger partial charge in [-0.3, -0.25) is 14.1 Å². The summed E-state index contributed by atoms with van der Waals surface area (Å²) in [4.78, 5) is 21.9. The van der Waals surface area contributed by atoms with Crippen molar-refractivity contribution in [3.8, 4) is 0 Å². The van der Waals surface area contributed by atoms with Crippen LogP contribution in [-0.4, -0.2) is 15.2 Å². The highest BCUT2D eigenvalue weighted by Crippen LogP contribution is 2.15. The number of hydrogen-bond acceptors (Lipinski definition) is 3. The van der Waals surface area contributed by atoms with E-state index in [1.807, 2.05) is 41.2 Å². The second-order valence-corrected chi connectivity index (χ2v) is 6.36. The molecule has 1 aromatic heterocycles. The van der Waals surface area contributed by atoms with Crippen LogP contribution in [0.3, 0.4) is 0 Å². The van der Waals surface area contributed by atoms with Crippen molar-refractivity contribution in [3.05, 3.63) is 64.4 Å². The molecule has 3 aromatic rings. The highest BCUT2D eigenvalue weighted by atomic mass is 32.1. The smallest absolute Gasteiger partial charge is 0.409 e. The zero-order valence-corrected chi connectivity index (χ0v) is 14.5. The summed E-state index contributed by atoms with van der Waals surface area (Å²) in [6.45, 7) is 4.82. The number of carboxylic acid groups (broad SMARTS) is 1. The lowest BCUT2D eigenvalue weighted by Crippen LogP contribution is -2.12. The van der Waals surface area contributed by atoms with E-state index in [4.69, 9.17) is 5.11 Å². The summed E-state index contributed by atoms with van der Waals surface area (Å²) >= 11 is 1.55. The Morgan fingerprint density at radius 2 is 1.96 bits per heavy atom. The number of aromatic nitrogens is 1. The third kappa shape index (κ3) is 4.70. The van der Waals surface area contributed by atoms with Gasteiger partial charge in [0, 0.05) is 12.2 Å². The van der Waals surface area contributed by atoms with Gasteiger partial charge in [0.2, 0.25) is 0 Å². The van der Waals surface area contributed by atoms with Crippen LogP contribution in [0, 0.1) is 6.92 Å². The van der Waals surface area contributed by atoms with Gasteiger partial charge in [-0.05, 0) is 43.2 Å². The fourth-order valence-electron chi connectivity index (χ4n) is 2.21. The average Bonchev–Trinajstić information content (AvgIpc) is 2.85. The molecule has 0 spiro atoms. The third-order valence-corrected chi connectivity index (χ3v) is 4.37. The fraction of sp³-hybridized carbons (Fsp3) is 0.222. The summed E-state index contributed by atoms with van der Waals surface area (Å²) in [7, 11) is 0. The van der Waals surface area contributed by atoms with Gasteiger partial charge in [-0.15, -0.1) is 0 Å². The van der Waals surface area contributed by atoms with Crippen LogP contribution < -0.4 is 10.9 Å². The Hall–Kier alpha value is -2.60. The fourth-order valence-corrected chi connectivity index (χ4v) is 3.30. The maximum absolute atomic E-state index is 11.7. The molecule has 0 saturated carbocycles. The second-order valence-electron chi connectivity index (χ2n) is 5.29. The molecule has 0 bridgehead atoms. The van der Waals surface area contributed by atoms with Gasteiger partial charge >= 0.3 is 6.09 Å². The van der Waals surface area contributed by atoms with Crippen LogP contribution in [-0.2, 0) is 6.54 Å². The number of nitrogens with one attached hydrogen (secondary N) is 1. The first-order valence-electron chi connectivity index (χ1n) is 7.66. The predicted octanol–water partition coefficient (Wildman–Crippen LogP) is 4.56. The maximum Gasteiger partial charge on any atom is 0.409 e. The molecule has 2 N–H and O–H groups in total. The van der Waals surface area contributed by atoms with Crippen molar-refractivity contribution >= 4 is 33.4 Å². The number of anilines is 1. The zero-order chi connectivity index (χ0) is 17.5. The largest absolute Gasteiger partial charge is 0.465 e. The van der Waals surface area contributed by atoms with E-state index < -0.39 is 6.09 Å². The molecule has 24 heavy (non-hydrogen) atoms. The van der Waals surface area contributed by atoms with E-state index in [1.165, 1.54) is 0 Å². The van der Waals surface area contributed by atoms with Crippen molar-refractivity contribution in [1.29, 1.82) is 0 Å². The molecule has 1 heterocycles. The Labute approximate surface area is 144 Å². The number of carbonyl (C=O) groups is 1. The molecule has 2 aromatic carbocycles. The molecule has 6 heteroatoms. The SMILES string of the molecule is CCCn1sc2ccccc2c1=O.Cc1cccc(NC(=O)O)c1. The molecule has 0 radical (unpaired) electrons. The van der Waals surface area contributed by atoms with Gasteiger partial charge in [-0.25, -0.2) is 4.79 Å². The highest BCUT2D eigenvalue weighted by Gasteiger charge is 2.04. The molecule has 0 unspecified atom stereocenters. The zero-order valence-electron chi connectivity index (χ0n) is 13.7. The predicted molar refractivity (Wildman–Crippen MR) is 99.2 cm³/mol. The number of nitrogens with zero attached hydrogens (tertiary/aromatic N) is 1. The van der Waals surface area contributed by atoms with Crippen LogP contribution in [0.15, 0.2) is 53.3 Å². The van der Waals surface area contributed by atoms with Crippen LogP contribution in [0.5, 0.6) is 0 Å². The lowest BCUT2D eigenvalue weighted by molar-refractivity contribution is 0.210. The standard InChI is InChI=1S/C10H11NOS.C8H9NO2/c1-2-7-11-10(12)8-5-3-4-6-9(8)13-11;1-6-3-2-4-7(5-6)9-8(10)11/h3-6H,2,7H2,1H3;2-5,9H,1H3,(H,10,11). The van der Waals surface area contributed by atoms with Crippen molar-refractivity contribution < 1.29 is 9.90 Å². The minimum Gasteiger partial charge on any atom is -0.465 e. The molecule has 1 amide bonds. The van der Waals surface area contributed by atoms with Gasteiger partial charge in [0.1, 0.15) is 0 Å². The van der Waals surface area contributed by atoms with Crippen LogP contribution in [0.4, 0.5) is 10.5 Å². The summed E-state index contributed by atoms with van der Waals surface area (Å²) in [5.41, 5.74) is 1.80. The lowest BCUT2D eigenvalue weighted by Gasteiger charge is -1.99. The van der Waals surface area contributed by atoms with E-state index in [0.717, 1.165) is 28.6 Å². The monoisotopic (exact) mass is 344 g/mol. The Morgan fingerprint density at radius 3 is 2.58 bits per heavy atom. The van der Waals surface area contributed by atoms with E-state index in [9.17, 15) is 9.59 Å². The van der Waals surface area contributed by atoms with E-state index in [2.05, 4.69) is 12.2 Å². The molecular weight excluding hydrogens is 324 g/mol. The second kappa shape index (κ2) is 8.31. The first kappa shape index (κ1) is 17.7. The highest BCUT2D eigenvalue weighted by molar-refractivity contribution is 7.13. The number of aryl methyl sites for hydroxylation is 2. The number of fused-ring (bicyclic) bond motifs is 1. The first-order chi connectivity index (χ1) is 11.5. The van der Waals surface area contributed by atoms with Crippen LogP contribution in [0.2, 0.25) is 0 Å². The molecule has 0 atom stereocenters. The molecule has 0 fully saturated rings. The number of hydrogen-bond donors (Lipinski definition) is 2. The quantitative estimate of drug-likeness (QED) is 0.732. The minimum absolute atomic E-state index is 0.155. The molecule has 126 valence electrons. The van der Waals surface area contributed by atoms with Crippen LogP contribution >= 0.6 is 11.5 Å². The van der Waals surface area contributed by atoms with Crippen LogP contribution in [0.1, 0.15) is 18.9 Å². The molecule has 0 aliphatic heterocycles. The minimum atomic E-state index is -1.03. The maximum atomic E-state index is 11.7. The Morgan fingerprint density at radius 1 is 1.21 bits per heavy atom. The van der Waals surface area contributed by atoms with E-state index in [-0.39, 0.29) is 5.56 Å². The van der Waals surface area contributed by atoms with Crippen molar-refractivity contribution in [1.82, 2.24) is 3.96 Å². The van der Waals surface area contributed by atoms with Gasteiger partial charge in [-0.2, -0.15) is 0 Å². The van der Waals surface area contributed by atoms with Gasteiger partial charge < -0.3 is 5.11 Å². The van der Waals surface area contributed by atoms with E-state index >= 15 is 0 Å². The molecular formula is C18H20N2O3S. The van der Waals surface area contributed by atoms with E-state index in [0.29, 0.717) is 5.69 Å². The van der Waals surface area contributed by atoms with Gasteiger partial charge in [-0.1, -0.05) is 42.7 Å². The first-order valence-corrected chi connectivity index (χ1v) is 8.44. The topological polar surface area (TPSA) is 71.3 Å². The van der Waals surface area contributed by atoms with Crippen molar-refractivity contribution in [2.45, 2.75) is 26.8 Å². The summed E-state index contributed by atoms with van der Waals surface area (Å²) in [6.07, 6.45) is -0.0252. The average molecular weight is 344 g/mol. The van der Waals surface area contributed by atoms with Gasteiger partial charge in [0.05, 0.1) is 10.1 Å². The Bertz CT molecular complexity index is 883. The van der Waals surface area contributed by atoms with Crippen molar-refractivity contribution in [2.24, 2.45) is 0 Å². The molecule has 0 aliphatic carbocycles. The number of amides is 1. The summed E-state index contributed by atoms with van der Waals surface area (Å²) in [5.74, 6) is 0. The summed E-state index contributed by atoms with van der Waals surface area (Å²) in [6, 6.07) is 15.0. The Balaban J connectivity index is 0.000000177. The number of rotatable bonds is 3. The summed E-state index contributed by atoms with van der Waals surface area (Å²) in [5, 5.41) is 11.5. The normalized spacial score (nSPS) is 10.1. The van der Waals surface area contributed by atoms with Gasteiger partial charge in [0.25, 0.3) is 5.56 Å². The summed E-state index contributed by atoms with van der Waals surface area (Å²) < 4.78 is 2.91. The number of benzene rings is 2. The lowest BCUT2D eigenvalue weighted by atomic mass is 10.2. The van der Waals surface area contributed by atoms with Gasteiger partial charge in [0.15, 0.2) is 0 Å². The van der Waals surface area contributed by atoms with Crippen molar-refractivity contribution in [2.75, 3.05) is 5.32 Å². The van der Waals surface area contributed by atoms with E-state index in [1.54, 1.807) is 29.7 Å². The molecule has 0 saturated heterocycles. The Kier molecular flexibility index (Phi) is 6.14. The molecule has 0 aliphatic rings. The molecule has 5 nitrogen and oxygen atoms in total. The van der Waals surface area contributed by atoms with Crippen LogP contribution in [0.25, 0.3) is 10.1 Å². The van der Waals surface area contributed by atoms with Crippen molar-refractivity contribution in [3.63, 3.8) is 0 Å². The molecule has 3 rings (SSSR count). The third-order valence-electron chi connectivity index (χ3n) is 3.25.